The first-order valence-corrected chi connectivity index (χ1v) is 10.0. The molecule has 0 saturated carbocycles. The molecule has 0 bridgehead atoms. The summed E-state index contributed by atoms with van der Waals surface area (Å²) >= 11 is 0. The van der Waals surface area contributed by atoms with Crippen LogP contribution >= 0.6 is 0 Å². The van der Waals surface area contributed by atoms with E-state index < -0.39 is 0 Å². The Bertz CT molecular complexity index is 795. The van der Waals surface area contributed by atoms with E-state index in [9.17, 15) is 14.4 Å². The van der Waals surface area contributed by atoms with Crippen LogP contribution in [0.3, 0.4) is 0 Å². The number of ether oxygens (including phenoxy) is 2. The lowest BCUT2D eigenvalue weighted by Crippen LogP contribution is -2.53. The van der Waals surface area contributed by atoms with Crippen LogP contribution in [0.2, 0.25) is 0 Å². The molecule has 8 heteroatoms. The predicted molar refractivity (Wildman–Crippen MR) is 108 cm³/mol. The van der Waals surface area contributed by atoms with E-state index in [2.05, 4.69) is 10.6 Å². The molecule has 0 unspecified atom stereocenters. The van der Waals surface area contributed by atoms with Crippen LogP contribution in [0.25, 0.3) is 0 Å². The Morgan fingerprint density at radius 3 is 2.72 bits per heavy atom. The fourth-order valence-electron chi connectivity index (χ4n) is 3.70. The third-order valence-corrected chi connectivity index (χ3v) is 5.50. The summed E-state index contributed by atoms with van der Waals surface area (Å²) < 4.78 is 12.0. The van der Waals surface area contributed by atoms with Crippen LogP contribution in [0.1, 0.15) is 43.5 Å². The minimum Gasteiger partial charge on any atom is -0.490 e. The number of carbonyl (C=O) groups is 3. The molecule has 1 fully saturated rings. The second-order valence-corrected chi connectivity index (χ2v) is 7.90. The zero-order valence-corrected chi connectivity index (χ0v) is 17.4. The number of nitrogens with zero attached hydrogens (tertiary/aromatic N) is 1. The van der Waals surface area contributed by atoms with E-state index in [4.69, 9.17) is 9.47 Å². The summed E-state index contributed by atoms with van der Waals surface area (Å²) in [6.45, 7) is 3.91. The van der Waals surface area contributed by atoms with Crippen molar-refractivity contribution in [1.29, 1.82) is 0 Å². The van der Waals surface area contributed by atoms with Crippen molar-refractivity contribution in [2.75, 3.05) is 26.0 Å². The number of rotatable bonds is 4. The fourth-order valence-corrected chi connectivity index (χ4v) is 3.70. The maximum Gasteiger partial charge on any atom is 0.257 e. The van der Waals surface area contributed by atoms with Gasteiger partial charge >= 0.3 is 0 Å². The lowest BCUT2D eigenvalue weighted by Gasteiger charge is -2.42. The maximum absolute atomic E-state index is 13.1. The average Bonchev–Trinajstić information content (AvgIpc) is 2.70. The number of hydrogen-bond acceptors (Lipinski definition) is 5. The molecule has 158 valence electrons. The first-order valence-electron chi connectivity index (χ1n) is 10.0. The van der Waals surface area contributed by atoms with Crippen molar-refractivity contribution in [2.45, 2.75) is 51.4 Å². The molecule has 0 aromatic heterocycles. The third-order valence-electron chi connectivity index (χ3n) is 5.50. The van der Waals surface area contributed by atoms with Gasteiger partial charge in [0, 0.05) is 25.7 Å². The van der Waals surface area contributed by atoms with Crippen LogP contribution in [0, 0.1) is 5.92 Å². The van der Waals surface area contributed by atoms with Crippen molar-refractivity contribution in [3.63, 3.8) is 0 Å². The Labute approximate surface area is 170 Å². The van der Waals surface area contributed by atoms with Crippen LogP contribution in [0.5, 0.6) is 5.75 Å². The van der Waals surface area contributed by atoms with Crippen molar-refractivity contribution < 1.29 is 23.9 Å². The topological polar surface area (TPSA) is 97.0 Å². The highest BCUT2D eigenvalue weighted by atomic mass is 16.5. The van der Waals surface area contributed by atoms with Crippen molar-refractivity contribution in [3.05, 3.63) is 23.8 Å². The summed E-state index contributed by atoms with van der Waals surface area (Å²) in [5.74, 6) is -0.0514. The number of amides is 3. The van der Waals surface area contributed by atoms with Gasteiger partial charge in [0.05, 0.1) is 24.1 Å². The van der Waals surface area contributed by atoms with Crippen LogP contribution in [0.4, 0.5) is 5.69 Å². The highest BCUT2D eigenvalue weighted by Crippen LogP contribution is 2.32. The number of benzene rings is 1. The molecule has 2 N–H and O–H groups in total. The summed E-state index contributed by atoms with van der Waals surface area (Å²) in [6.07, 6.45) is 1.24. The molecule has 3 amide bonds. The zero-order valence-electron chi connectivity index (χ0n) is 17.4. The minimum atomic E-state index is -0.305. The van der Waals surface area contributed by atoms with Gasteiger partial charge in [0.2, 0.25) is 11.8 Å². The molecule has 1 saturated heterocycles. The first-order chi connectivity index (χ1) is 13.8. The van der Waals surface area contributed by atoms with E-state index in [1.54, 1.807) is 37.2 Å². The van der Waals surface area contributed by atoms with Crippen LogP contribution in [-0.2, 0) is 14.3 Å². The van der Waals surface area contributed by atoms with Gasteiger partial charge in [0.25, 0.3) is 5.91 Å². The first kappa shape index (κ1) is 21.1. The van der Waals surface area contributed by atoms with Gasteiger partial charge < -0.3 is 25.0 Å². The minimum absolute atomic E-state index is 0.0639. The van der Waals surface area contributed by atoms with Crippen molar-refractivity contribution in [2.24, 2.45) is 5.92 Å². The van der Waals surface area contributed by atoms with Crippen LogP contribution in [0.15, 0.2) is 18.2 Å². The molecule has 0 spiro atoms. The Balaban J connectivity index is 1.79. The molecule has 3 rings (SSSR count). The van der Waals surface area contributed by atoms with E-state index in [1.165, 1.54) is 0 Å². The normalized spacial score (nSPS) is 24.0. The molecular formula is C21H29N3O5. The Morgan fingerprint density at radius 2 is 2.03 bits per heavy atom. The standard InChI is InChI=1S/C21H29N3O5/c1-12(2)20(26)23-13-5-8-17-15(9-13)21(27)24(4)16-7-6-14(10-19(25)22-3)29-18(16)11-28-17/h5,8-9,12,14,16,18H,6-7,10-11H2,1-4H3,(H,22,25)(H,23,26)/t14-,16+,18+/m0/s1. The lowest BCUT2D eigenvalue weighted by molar-refractivity contribution is -0.133. The van der Waals surface area contributed by atoms with Crippen molar-refractivity contribution >= 4 is 23.4 Å². The Kier molecular flexibility index (Phi) is 6.42. The van der Waals surface area contributed by atoms with Gasteiger partial charge in [0.1, 0.15) is 18.5 Å². The Hall–Kier alpha value is -2.61. The Morgan fingerprint density at radius 1 is 1.28 bits per heavy atom. The number of carbonyl (C=O) groups excluding carboxylic acids is 3. The van der Waals surface area contributed by atoms with E-state index in [0.29, 0.717) is 29.8 Å². The molecule has 2 aliphatic rings. The van der Waals surface area contributed by atoms with Gasteiger partial charge in [-0.25, -0.2) is 0 Å². The lowest BCUT2D eigenvalue weighted by atomic mass is 9.94. The second-order valence-electron chi connectivity index (χ2n) is 7.90. The van der Waals surface area contributed by atoms with Gasteiger partial charge in [-0.15, -0.1) is 0 Å². The third kappa shape index (κ3) is 4.70. The smallest absolute Gasteiger partial charge is 0.257 e. The summed E-state index contributed by atoms with van der Waals surface area (Å²) in [5.41, 5.74) is 0.982. The quantitative estimate of drug-likeness (QED) is 0.799. The molecule has 29 heavy (non-hydrogen) atoms. The monoisotopic (exact) mass is 403 g/mol. The second kappa shape index (κ2) is 8.82. The van der Waals surface area contributed by atoms with Crippen molar-refractivity contribution in [3.8, 4) is 5.75 Å². The van der Waals surface area contributed by atoms with Gasteiger partial charge in [-0.05, 0) is 31.0 Å². The molecule has 8 nitrogen and oxygen atoms in total. The molecular weight excluding hydrogens is 374 g/mol. The zero-order chi connectivity index (χ0) is 21.1. The van der Waals surface area contributed by atoms with Crippen LogP contribution < -0.4 is 15.4 Å². The van der Waals surface area contributed by atoms with E-state index in [-0.39, 0.29) is 48.5 Å². The van der Waals surface area contributed by atoms with Gasteiger partial charge in [0.15, 0.2) is 0 Å². The highest BCUT2D eigenvalue weighted by Gasteiger charge is 2.39. The van der Waals surface area contributed by atoms with E-state index in [0.717, 1.165) is 6.42 Å². The fraction of sp³-hybridized carbons (Fsp3) is 0.571. The molecule has 3 atom stereocenters. The molecule has 1 aromatic rings. The number of fused-ring (bicyclic) bond motifs is 2. The number of likely N-dealkylation sites (N-methyl/N-ethyl adjacent to an activating group) is 1. The molecule has 0 radical (unpaired) electrons. The van der Waals surface area contributed by atoms with Gasteiger partial charge in [-0.2, -0.15) is 0 Å². The van der Waals surface area contributed by atoms with Crippen molar-refractivity contribution in [1.82, 2.24) is 10.2 Å². The van der Waals surface area contributed by atoms with E-state index in [1.807, 2.05) is 13.8 Å². The molecule has 1 aromatic carbocycles. The van der Waals surface area contributed by atoms with Crippen LogP contribution in [-0.4, -0.2) is 61.6 Å². The predicted octanol–water partition coefficient (Wildman–Crippen LogP) is 1.80. The highest BCUT2D eigenvalue weighted by molar-refractivity contribution is 6.00. The summed E-state index contributed by atoms with van der Waals surface area (Å²) in [7, 11) is 3.37. The number of anilines is 1. The molecule has 2 aliphatic heterocycles. The number of nitrogens with one attached hydrogen (secondary N) is 2. The number of hydrogen-bond donors (Lipinski definition) is 2. The van der Waals surface area contributed by atoms with E-state index >= 15 is 0 Å². The van der Waals surface area contributed by atoms with Gasteiger partial charge in [-0.1, -0.05) is 13.8 Å². The average molecular weight is 403 g/mol. The summed E-state index contributed by atoms with van der Waals surface area (Å²) in [6, 6.07) is 4.95. The summed E-state index contributed by atoms with van der Waals surface area (Å²) in [4.78, 5) is 38.5. The largest absolute Gasteiger partial charge is 0.490 e. The molecule has 2 heterocycles. The summed E-state index contributed by atoms with van der Waals surface area (Å²) in [5, 5.41) is 5.44. The van der Waals surface area contributed by atoms with Gasteiger partial charge in [-0.3, -0.25) is 14.4 Å². The SMILES string of the molecule is CNC(=O)C[C@@H]1CC[C@@H]2[C@@H](COc3ccc(NC(=O)C(C)C)cc3C(=O)N2C)O1. The maximum atomic E-state index is 13.1. The molecule has 0 aliphatic carbocycles.